The topological polar surface area (TPSA) is 52.4 Å². The number of methoxy groups -OCH3 is 1. The normalized spacial score (nSPS) is 14.9. The van der Waals surface area contributed by atoms with Gasteiger partial charge in [-0.2, -0.15) is 0 Å². The van der Waals surface area contributed by atoms with Gasteiger partial charge in [0.25, 0.3) is 0 Å². The van der Waals surface area contributed by atoms with Gasteiger partial charge in [-0.3, -0.25) is 10.1 Å². The Hall–Kier alpha value is -1.13. The monoisotopic (exact) mass is 201 g/mol. The summed E-state index contributed by atoms with van der Waals surface area (Å²) in [6.45, 7) is 0. The Morgan fingerprint density at radius 1 is 1.46 bits per heavy atom. The standard InChI is InChI=1S/C8H8ClNO3/c1-13-8(9,10(11)12)7-5-3-2-4-6-7/h2-6H,1H3. The lowest BCUT2D eigenvalue weighted by Gasteiger charge is -2.15. The molecule has 0 amide bonds. The van der Waals surface area contributed by atoms with Gasteiger partial charge in [-0.1, -0.05) is 18.2 Å². The van der Waals surface area contributed by atoms with E-state index in [1.54, 1.807) is 30.3 Å². The van der Waals surface area contributed by atoms with Gasteiger partial charge in [-0.15, -0.1) is 0 Å². The zero-order valence-electron chi connectivity index (χ0n) is 6.94. The van der Waals surface area contributed by atoms with Crippen molar-refractivity contribution in [1.82, 2.24) is 0 Å². The van der Waals surface area contributed by atoms with E-state index in [2.05, 4.69) is 4.74 Å². The molecule has 70 valence electrons. The van der Waals surface area contributed by atoms with Gasteiger partial charge in [0.15, 0.2) is 0 Å². The summed E-state index contributed by atoms with van der Waals surface area (Å²) < 4.78 is 4.65. The maximum Gasteiger partial charge on any atom is 0.431 e. The first kappa shape index (κ1) is 9.95. The van der Waals surface area contributed by atoms with Crippen molar-refractivity contribution >= 4 is 11.6 Å². The summed E-state index contributed by atoms with van der Waals surface area (Å²) in [5.74, 6) is 0. The van der Waals surface area contributed by atoms with Crippen molar-refractivity contribution in [3.8, 4) is 0 Å². The maximum atomic E-state index is 10.6. The van der Waals surface area contributed by atoms with Crippen LogP contribution in [0.5, 0.6) is 0 Å². The predicted molar refractivity (Wildman–Crippen MR) is 48.0 cm³/mol. The Balaban J connectivity index is 3.11. The highest BCUT2D eigenvalue weighted by molar-refractivity contribution is 6.21. The quantitative estimate of drug-likeness (QED) is 0.247. The van der Waals surface area contributed by atoms with E-state index in [0.29, 0.717) is 5.56 Å². The molecule has 1 aromatic rings. The highest BCUT2D eigenvalue weighted by Crippen LogP contribution is 2.29. The SMILES string of the molecule is COC(Cl)(c1ccccc1)[N+](=O)[O-]. The van der Waals surface area contributed by atoms with Gasteiger partial charge < -0.3 is 4.74 Å². The molecule has 1 atom stereocenters. The third kappa shape index (κ3) is 1.79. The summed E-state index contributed by atoms with van der Waals surface area (Å²) in [6.07, 6.45) is 0. The minimum Gasteiger partial charge on any atom is -0.301 e. The molecule has 1 aromatic carbocycles. The van der Waals surface area contributed by atoms with Crippen LogP contribution in [0.15, 0.2) is 30.3 Å². The molecule has 5 heteroatoms. The van der Waals surface area contributed by atoms with Crippen molar-refractivity contribution in [3.05, 3.63) is 46.0 Å². The number of hydrogen-bond donors (Lipinski definition) is 0. The van der Waals surface area contributed by atoms with E-state index >= 15 is 0 Å². The third-order valence-electron chi connectivity index (χ3n) is 1.64. The van der Waals surface area contributed by atoms with E-state index in [1.165, 1.54) is 7.11 Å². The number of hydrogen-bond acceptors (Lipinski definition) is 3. The molecule has 0 heterocycles. The van der Waals surface area contributed by atoms with E-state index < -0.39 is 10.1 Å². The zero-order chi connectivity index (χ0) is 9.90. The lowest BCUT2D eigenvalue weighted by atomic mass is 10.2. The number of benzene rings is 1. The number of halogens is 1. The summed E-state index contributed by atoms with van der Waals surface area (Å²) in [6, 6.07) is 8.15. The molecule has 4 nitrogen and oxygen atoms in total. The Kier molecular flexibility index (Phi) is 2.85. The Bertz CT molecular complexity index is 304. The van der Waals surface area contributed by atoms with Gasteiger partial charge in [0.2, 0.25) is 0 Å². The van der Waals surface area contributed by atoms with Crippen LogP contribution in [0.25, 0.3) is 0 Å². The first-order valence-electron chi connectivity index (χ1n) is 3.55. The first-order valence-corrected chi connectivity index (χ1v) is 3.93. The highest BCUT2D eigenvalue weighted by Gasteiger charge is 2.43. The largest absolute Gasteiger partial charge is 0.431 e. The number of rotatable bonds is 3. The van der Waals surface area contributed by atoms with Crippen LogP contribution in [0.3, 0.4) is 0 Å². The number of nitrogens with zero attached hydrogens (tertiary/aromatic N) is 1. The van der Waals surface area contributed by atoms with E-state index in [-0.39, 0.29) is 0 Å². The zero-order valence-corrected chi connectivity index (χ0v) is 7.69. The summed E-state index contributed by atoms with van der Waals surface area (Å²) in [5.41, 5.74) is 0.309. The fraction of sp³-hybridized carbons (Fsp3) is 0.250. The molecule has 0 fully saturated rings. The van der Waals surface area contributed by atoms with E-state index in [1.807, 2.05) is 0 Å². The van der Waals surface area contributed by atoms with Gasteiger partial charge in [0.05, 0.1) is 10.5 Å². The average Bonchev–Trinajstić information content (AvgIpc) is 2.17. The minimum atomic E-state index is -1.97. The van der Waals surface area contributed by atoms with Crippen LogP contribution in [0.4, 0.5) is 0 Å². The van der Waals surface area contributed by atoms with Crippen molar-refractivity contribution in [2.45, 2.75) is 5.18 Å². The second-order valence-electron chi connectivity index (χ2n) is 2.39. The van der Waals surface area contributed by atoms with Crippen LogP contribution in [0.2, 0.25) is 0 Å². The highest BCUT2D eigenvalue weighted by atomic mass is 35.5. The second-order valence-corrected chi connectivity index (χ2v) is 2.90. The molecule has 0 aliphatic rings. The Morgan fingerprint density at radius 2 is 2.00 bits per heavy atom. The summed E-state index contributed by atoms with van der Waals surface area (Å²) in [4.78, 5) is 9.92. The van der Waals surface area contributed by atoms with Gasteiger partial charge in [0.1, 0.15) is 0 Å². The second kappa shape index (κ2) is 3.72. The predicted octanol–water partition coefficient (Wildman–Crippen LogP) is 1.96. The van der Waals surface area contributed by atoms with E-state index in [9.17, 15) is 10.1 Å². The lowest BCUT2D eigenvalue weighted by Crippen LogP contribution is -2.30. The van der Waals surface area contributed by atoms with Gasteiger partial charge >= 0.3 is 5.18 Å². The molecule has 0 aromatic heterocycles. The van der Waals surface area contributed by atoms with Crippen LogP contribution in [-0.2, 0) is 9.92 Å². The Morgan fingerprint density at radius 3 is 2.38 bits per heavy atom. The smallest absolute Gasteiger partial charge is 0.301 e. The molecule has 0 N–H and O–H groups in total. The molecule has 0 aliphatic heterocycles. The van der Waals surface area contributed by atoms with Gasteiger partial charge in [0, 0.05) is 18.7 Å². The van der Waals surface area contributed by atoms with Crippen molar-refractivity contribution in [3.63, 3.8) is 0 Å². The molecule has 13 heavy (non-hydrogen) atoms. The lowest BCUT2D eigenvalue weighted by molar-refractivity contribution is -0.606. The van der Waals surface area contributed by atoms with E-state index in [4.69, 9.17) is 11.6 Å². The molecular weight excluding hydrogens is 194 g/mol. The third-order valence-corrected chi connectivity index (χ3v) is 2.15. The van der Waals surface area contributed by atoms with Crippen molar-refractivity contribution in [1.29, 1.82) is 0 Å². The van der Waals surface area contributed by atoms with Crippen molar-refractivity contribution < 1.29 is 9.66 Å². The molecule has 0 spiro atoms. The number of alkyl halides is 1. The van der Waals surface area contributed by atoms with Crippen LogP contribution in [-0.4, -0.2) is 12.0 Å². The van der Waals surface area contributed by atoms with Crippen molar-refractivity contribution in [2.24, 2.45) is 0 Å². The molecular formula is C8H8ClNO3. The van der Waals surface area contributed by atoms with Crippen LogP contribution in [0.1, 0.15) is 5.56 Å². The fourth-order valence-electron chi connectivity index (χ4n) is 0.942. The van der Waals surface area contributed by atoms with Gasteiger partial charge in [-0.25, -0.2) is 0 Å². The average molecular weight is 202 g/mol. The number of nitro groups is 1. The summed E-state index contributed by atoms with van der Waals surface area (Å²) >= 11 is 5.66. The first-order chi connectivity index (χ1) is 6.11. The van der Waals surface area contributed by atoms with Crippen LogP contribution in [0, 0.1) is 10.1 Å². The number of ether oxygens (including phenoxy) is 1. The van der Waals surface area contributed by atoms with E-state index in [0.717, 1.165) is 0 Å². The maximum absolute atomic E-state index is 10.6. The minimum absolute atomic E-state index is 0.309. The molecule has 0 saturated carbocycles. The van der Waals surface area contributed by atoms with Crippen LogP contribution >= 0.6 is 11.6 Å². The molecule has 0 saturated heterocycles. The molecule has 1 rings (SSSR count). The summed E-state index contributed by atoms with van der Waals surface area (Å²) in [5, 5.41) is 8.63. The van der Waals surface area contributed by atoms with Gasteiger partial charge in [-0.05, 0) is 12.1 Å². The summed E-state index contributed by atoms with van der Waals surface area (Å²) in [7, 11) is 1.20. The Labute approximate surface area is 80.2 Å². The van der Waals surface area contributed by atoms with Crippen LogP contribution < -0.4 is 0 Å². The fourth-order valence-corrected chi connectivity index (χ4v) is 1.07. The molecule has 0 radical (unpaired) electrons. The molecule has 0 aliphatic carbocycles. The molecule has 0 bridgehead atoms. The van der Waals surface area contributed by atoms with Crippen molar-refractivity contribution in [2.75, 3.05) is 7.11 Å². The molecule has 1 unspecified atom stereocenters.